The summed E-state index contributed by atoms with van der Waals surface area (Å²) in [5.41, 5.74) is 3.88. The zero-order chi connectivity index (χ0) is 18.0. The molecule has 1 N–H and O–H groups in total. The molecule has 3 aromatic rings. The van der Waals surface area contributed by atoms with E-state index in [4.69, 9.17) is 9.47 Å². The average molecular weight is 336 g/mol. The molecule has 0 aliphatic carbocycles. The van der Waals surface area contributed by atoms with Crippen LogP contribution >= 0.6 is 0 Å². The third-order valence-corrected chi connectivity index (χ3v) is 4.05. The van der Waals surface area contributed by atoms with Gasteiger partial charge >= 0.3 is 0 Å². The Morgan fingerprint density at radius 1 is 0.960 bits per heavy atom. The van der Waals surface area contributed by atoms with E-state index in [9.17, 15) is 4.79 Å². The van der Waals surface area contributed by atoms with Gasteiger partial charge in [0.1, 0.15) is 0 Å². The number of ether oxygens (including phenoxy) is 2. The minimum absolute atomic E-state index is 0.208. The maximum Gasteiger partial charge on any atom is 0.257 e. The summed E-state index contributed by atoms with van der Waals surface area (Å²) in [6.07, 6.45) is 0. The molecular weight excluding hydrogens is 316 g/mol. The maximum absolute atomic E-state index is 12.7. The highest BCUT2D eigenvalue weighted by molar-refractivity contribution is 6.07. The summed E-state index contributed by atoms with van der Waals surface area (Å²) in [6.45, 7) is 3.85. The van der Waals surface area contributed by atoms with Crippen LogP contribution in [0.5, 0.6) is 11.5 Å². The van der Waals surface area contributed by atoms with Crippen molar-refractivity contribution in [3.05, 3.63) is 59.3 Å². The number of amides is 1. The second-order valence-corrected chi connectivity index (χ2v) is 5.84. The number of aromatic nitrogens is 1. The lowest BCUT2D eigenvalue weighted by molar-refractivity contribution is 0.102. The van der Waals surface area contributed by atoms with E-state index in [1.54, 1.807) is 32.4 Å². The monoisotopic (exact) mass is 336 g/mol. The quantitative estimate of drug-likeness (QED) is 0.778. The molecule has 1 aromatic heterocycles. The second-order valence-electron chi connectivity index (χ2n) is 5.84. The summed E-state index contributed by atoms with van der Waals surface area (Å²) in [5.74, 6) is 0.962. The Morgan fingerprint density at radius 2 is 1.72 bits per heavy atom. The van der Waals surface area contributed by atoms with Crippen molar-refractivity contribution in [3.8, 4) is 11.5 Å². The topological polar surface area (TPSA) is 60.5 Å². The predicted octanol–water partition coefficient (Wildman–Crippen LogP) is 4.12. The highest BCUT2D eigenvalue weighted by Crippen LogP contribution is 2.30. The number of aryl methyl sites for hydroxylation is 2. The van der Waals surface area contributed by atoms with E-state index in [2.05, 4.69) is 10.3 Å². The molecule has 25 heavy (non-hydrogen) atoms. The Bertz CT molecular complexity index is 951. The number of pyridine rings is 1. The SMILES string of the molecule is COc1ccc(NC(=O)c2cc3cc(C)ccc3nc2C)cc1OC. The number of fused-ring (bicyclic) bond motifs is 1. The summed E-state index contributed by atoms with van der Waals surface area (Å²) in [7, 11) is 3.13. The molecule has 0 fully saturated rings. The summed E-state index contributed by atoms with van der Waals surface area (Å²) in [6, 6.07) is 13.1. The normalized spacial score (nSPS) is 10.6. The fraction of sp³-hybridized carbons (Fsp3) is 0.200. The predicted molar refractivity (Wildman–Crippen MR) is 98.7 cm³/mol. The number of nitrogens with one attached hydrogen (secondary N) is 1. The Morgan fingerprint density at radius 3 is 2.44 bits per heavy atom. The highest BCUT2D eigenvalue weighted by atomic mass is 16.5. The average Bonchev–Trinajstić information content (AvgIpc) is 2.61. The van der Waals surface area contributed by atoms with Crippen LogP contribution in [0.25, 0.3) is 10.9 Å². The van der Waals surface area contributed by atoms with Gasteiger partial charge in [0, 0.05) is 17.1 Å². The minimum Gasteiger partial charge on any atom is -0.493 e. The van der Waals surface area contributed by atoms with Crippen molar-refractivity contribution in [2.75, 3.05) is 19.5 Å². The van der Waals surface area contributed by atoms with Gasteiger partial charge in [-0.25, -0.2) is 0 Å². The minimum atomic E-state index is -0.208. The van der Waals surface area contributed by atoms with Gasteiger partial charge in [0.2, 0.25) is 0 Å². The van der Waals surface area contributed by atoms with Crippen LogP contribution in [0.1, 0.15) is 21.6 Å². The summed E-state index contributed by atoms with van der Waals surface area (Å²) in [5, 5.41) is 3.84. The van der Waals surface area contributed by atoms with Gasteiger partial charge in [0.05, 0.1) is 31.0 Å². The molecule has 0 saturated carbocycles. The van der Waals surface area contributed by atoms with Crippen LogP contribution in [0, 0.1) is 13.8 Å². The van der Waals surface area contributed by atoms with Gasteiger partial charge < -0.3 is 14.8 Å². The number of carbonyl (C=O) groups excluding carboxylic acids is 1. The van der Waals surface area contributed by atoms with Crippen molar-refractivity contribution >= 4 is 22.5 Å². The van der Waals surface area contributed by atoms with E-state index in [0.717, 1.165) is 16.5 Å². The molecule has 0 aliphatic heterocycles. The van der Waals surface area contributed by atoms with Crippen molar-refractivity contribution in [3.63, 3.8) is 0 Å². The lowest BCUT2D eigenvalue weighted by Crippen LogP contribution is -2.14. The van der Waals surface area contributed by atoms with Crippen LogP contribution in [0.15, 0.2) is 42.5 Å². The molecule has 0 spiro atoms. The van der Waals surface area contributed by atoms with Crippen molar-refractivity contribution < 1.29 is 14.3 Å². The smallest absolute Gasteiger partial charge is 0.257 e. The summed E-state index contributed by atoms with van der Waals surface area (Å²) in [4.78, 5) is 17.2. The molecule has 3 rings (SSSR count). The van der Waals surface area contributed by atoms with E-state index in [0.29, 0.717) is 28.4 Å². The van der Waals surface area contributed by atoms with Crippen LogP contribution < -0.4 is 14.8 Å². The van der Waals surface area contributed by atoms with E-state index < -0.39 is 0 Å². The zero-order valence-corrected chi connectivity index (χ0v) is 14.7. The number of hydrogen-bond donors (Lipinski definition) is 1. The first-order chi connectivity index (χ1) is 12.0. The van der Waals surface area contributed by atoms with E-state index in [1.165, 1.54) is 0 Å². The second kappa shape index (κ2) is 6.81. The number of benzene rings is 2. The first-order valence-electron chi connectivity index (χ1n) is 7.93. The molecule has 0 radical (unpaired) electrons. The van der Waals surface area contributed by atoms with Crippen molar-refractivity contribution in [2.24, 2.45) is 0 Å². The first-order valence-corrected chi connectivity index (χ1v) is 7.93. The lowest BCUT2D eigenvalue weighted by atomic mass is 10.1. The van der Waals surface area contributed by atoms with Crippen LogP contribution in [0.4, 0.5) is 5.69 Å². The Labute approximate surface area is 146 Å². The van der Waals surface area contributed by atoms with Crippen molar-refractivity contribution in [1.82, 2.24) is 4.98 Å². The molecule has 0 saturated heterocycles. The molecule has 0 bridgehead atoms. The molecule has 0 aliphatic rings. The van der Waals surface area contributed by atoms with Crippen LogP contribution in [0.2, 0.25) is 0 Å². The molecule has 5 nitrogen and oxygen atoms in total. The maximum atomic E-state index is 12.7. The van der Waals surface area contributed by atoms with Gasteiger partial charge in [-0.2, -0.15) is 0 Å². The van der Waals surface area contributed by atoms with E-state index in [1.807, 2.05) is 38.1 Å². The number of nitrogens with zero attached hydrogens (tertiary/aromatic N) is 1. The van der Waals surface area contributed by atoms with Gasteiger partial charge in [-0.05, 0) is 44.2 Å². The highest BCUT2D eigenvalue weighted by Gasteiger charge is 2.13. The molecule has 2 aromatic carbocycles. The van der Waals surface area contributed by atoms with Gasteiger partial charge in [-0.15, -0.1) is 0 Å². The van der Waals surface area contributed by atoms with Crippen LogP contribution in [0.3, 0.4) is 0 Å². The van der Waals surface area contributed by atoms with Gasteiger partial charge in [-0.1, -0.05) is 11.6 Å². The fourth-order valence-electron chi connectivity index (χ4n) is 2.73. The lowest BCUT2D eigenvalue weighted by Gasteiger charge is -2.12. The molecule has 0 unspecified atom stereocenters. The molecule has 5 heteroatoms. The third-order valence-electron chi connectivity index (χ3n) is 4.05. The molecule has 128 valence electrons. The van der Waals surface area contributed by atoms with Crippen LogP contribution in [-0.2, 0) is 0 Å². The Kier molecular flexibility index (Phi) is 4.57. The summed E-state index contributed by atoms with van der Waals surface area (Å²) < 4.78 is 10.5. The number of anilines is 1. The van der Waals surface area contributed by atoms with Crippen molar-refractivity contribution in [1.29, 1.82) is 0 Å². The molecular formula is C20H20N2O3. The number of rotatable bonds is 4. The Balaban J connectivity index is 1.93. The molecule has 0 atom stereocenters. The largest absolute Gasteiger partial charge is 0.493 e. The third kappa shape index (κ3) is 3.40. The Hall–Kier alpha value is -3.08. The summed E-state index contributed by atoms with van der Waals surface area (Å²) >= 11 is 0. The van der Waals surface area contributed by atoms with Crippen molar-refractivity contribution in [2.45, 2.75) is 13.8 Å². The zero-order valence-electron chi connectivity index (χ0n) is 14.7. The number of hydrogen-bond acceptors (Lipinski definition) is 4. The van der Waals surface area contributed by atoms with Crippen LogP contribution in [-0.4, -0.2) is 25.1 Å². The van der Waals surface area contributed by atoms with Gasteiger partial charge in [0.15, 0.2) is 11.5 Å². The van der Waals surface area contributed by atoms with Gasteiger partial charge in [0.25, 0.3) is 5.91 Å². The van der Waals surface area contributed by atoms with E-state index in [-0.39, 0.29) is 5.91 Å². The van der Waals surface area contributed by atoms with E-state index >= 15 is 0 Å². The number of methoxy groups -OCH3 is 2. The first kappa shape index (κ1) is 16.8. The number of carbonyl (C=O) groups is 1. The van der Waals surface area contributed by atoms with Gasteiger partial charge in [-0.3, -0.25) is 9.78 Å². The fourth-order valence-corrected chi connectivity index (χ4v) is 2.73. The standard InChI is InChI=1S/C20H20N2O3/c1-12-5-7-17-14(9-12)10-16(13(2)21-17)20(23)22-15-6-8-18(24-3)19(11-15)25-4/h5-11H,1-4H3,(H,22,23). The molecule has 1 heterocycles. The molecule has 1 amide bonds.